The predicted octanol–water partition coefficient (Wildman–Crippen LogP) is 3.41. The summed E-state index contributed by atoms with van der Waals surface area (Å²) in [5.41, 5.74) is 0.102. The van der Waals surface area contributed by atoms with Gasteiger partial charge in [-0.15, -0.1) is 0 Å². The lowest BCUT2D eigenvalue weighted by molar-refractivity contribution is -0.137. The monoisotopic (exact) mass is 328 g/mol. The van der Waals surface area contributed by atoms with E-state index >= 15 is 0 Å². The topological polar surface area (TPSA) is 32.3 Å². The summed E-state index contributed by atoms with van der Waals surface area (Å²) in [5.74, 6) is -0.0150. The first-order chi connectivity index (χ1) is 10.8. The predicted molar refractivity (Wildman–Crippen MR) is 83.1 cm³/mol. The molecule has 1 aliphatic heterocycles. The molecule has 1 aromatic rings. The van der Waals surface area contributed by atoms with Crippen LogP contribution in [0, 0.1) is 0 Å². The Hall–Kier alpha value is -1.56. The number of hydrogen-bond donors (Lipinski definition) is 1. The van der Waals surface area contributed by atoms with Gasteiger partial charge in [-0.3, -0.25) is 4.79 Å². The fourth-order valence-electron chi connectivity index (χ4n) is 2.93. The second-order valence-electron chi connectivity index (χ2n) is 6.17. The smallest absolute Gasteiger partial charge is 0.343 e. The maximum Gasteiger partial charge on any atom is 0.416 e. The van der Waals surface area contributed by atoms with Crippen molar-refractivity contribution in [2.24, 2.45) is 0 Å². The van der Waals surface area contributed by atoms with Crippen molar-refractivity contribution in [3.05, 3.63) is 35.4 Å². The molecule has 0 aliphatic carbocycles. The summed E-state index contributed by atoms with van der Waals surface area (Å²) in [6.07, 6.45) is -2.11. The van der Waals surface area contributed by atoms with Crippen LogP contribution in [0.3, 0.4) is 0 Å². The van der Waals surface area contributed by atoms with Gasteiger partial charge >= 0.3 is 6.18 Å². The molecule has 0 spiro atoms. The molecule has 128 valence electrons. The van der Waals surface area contributed by atoms with Crippen LogP contribution in [0.2, 0.25) is 0 Å². The Morgan fingerprint density at radius 3 is 2.30 bits per heavy atom. The van der Waals surface area contributed by atoms with Crippen LogP contribution in [0.1, 0.15) is 43.2 Å². The van der Waals surface area contributed by atoms with Crippen LogP contribution < -0.4 is 5.32 Å². The number of carbonyl (C=O) groups excluding carboxylic acids is 1. The third kappa shape index (κ3) is 4.70. The molecule has 1 aliphatic rings. The standard InChI is InChI=1S/C17H23F3N2O/c1-12(13-3-5-14(6-4-13)17(18,19)20)11-16(23)22-9-7-15(21-2)8-10-22/h3-6,12,15,21H,7-11H2,1-2H3. The third-order valence-corrected chi connectivity index (χ3v) is 4.54. The molecule has 2 rings (SSSR count). The second-order valence-corrected chi connectivity index (χ2v) is 6.17. The van der Waals surface area contributed by atoms with Crippen molar-refractivity contribution in [3.63, 3.8) is 0 Å². The fourth-order valence-corrected chi connectivity index (χ4v) is 2.93. The summed E-state index contributed by atoms with van der Waals surface area (Å²) in [6.45, 7) is 3.36. The minimum Gasteiger partial charge on any atom is -0.343 e. The highest BCUT2D eigenvalue weighted by atomic mass is 19.4. The van der Waals surface area contributed by atoms with Crippen molar-refractivity contribution in [2.75, 3.05) is 20.1 Å². The summed E-state index contributed by atoms with van der Waals surface area (Å²) in [5, 5.41) is 3.22. The average molecular weight is 328 g/mol. The molecule has 0 bridgehead atoms. The lowest BCUT2D eigenvalue weighted by Crippen LogP contribution is -2.44. The number of benzene rings is 1. The molecule has 23 heavy (non-hydrogen) atoms. The first-order valence-corrected chi connectivity index (χ1v) is 7.93. The van der Waals surface area contributed by atoms with Gasteiger partial charge in [-0.05, 0) is 43.5 Å². The number of rotatable bonds is 4. The summed E-state index contributed by atoms with van der Waals surface area (Å²) in [7, 11) is 1.93. The second kappa shape index (κ2) is 7.34. The van der Waals surface area contributed by atoms with Crippen molar-refractivity contribution in [1.29, 1.82) is 0 Å². The first kappa shape index (κ1) is 17.8. The molecule has 1 amide bonds. The van der Waals surface area contributed by atoms with Crippen molar-refractivity contribution < 1.29 is 18.0 Å². The lowest BCUT2D eigenvalue weighted by atomic mass is 9.95. The summed E-state index contributed by atoms with van der Waals surface area (Å²) >= 11 is 0. The van der Waals surface area contributed by atoms with E-state index in [9.17, 15) is 18.0 Å². The number of likely N-dealkylation sites (tertiary alicyclic amines) is 1. The highest BCUT2D eigenvalue weighted by Gasteiger charge is 2.30. The molecule has 1 unspecified atom stereocenters. The SMILES string of the molecule is CNC1CCN(C(=O)CC(C)c2ccc(C(F)(F)F)cc2)CC1. The quantitative estimate of drug-likeness (QED) is 0.919. The number of carbonyl (C=O) groups is 1. The number of piperidine rings is 1. The van der Waals surface area contributed by atoms with E-state index in [1.54, 1.807) is 0 Å². The largest absolute Gasteiger partial charge is 0.416 e. The Morgan fingerprint density at radius 2 is 1.83 bits per heavy atom. The van der Waals surface area contributed by atoms with Gasteiger partial charge in [0.15, 0.2) is 0 Å². The van der Waals surface area contributed by atoms with Crippen LogP contribution in [0.25, 0.3) is 0 Å². The molecule has 1 fully saturated rings. The number of nitrogens with zero attached hydrogens (tertiary/aromatic N) is 1. The van der Waals surface area contributed by atoms with Crippen LogP contribution >= 0.6 is 0 Å². The first-order valence-electron chi connectivity index (χ1n) is 7.93. The van der Waals surface area contributed by atoms with Crippen molar-refractivity contribution in [3.8, 4) is 0 Å². The Morgan fingerprint density at radius 1 is 1.26 bits per heavy atom. The highest BCUT2D eigenvalue weighted by molar-refractivity contribution is 5.77. The van der Waals surface area contributed by atoms with Gasteiger partial charge in [0.1, 0.15) is 0 Å². The molecular formula is C17H23F3N2O. The molecular weight excluding hydrogens is 305 g/mol. The van der Waals surface area contributed by atoms with Crippen LogP contribution in [0.15, 0.2) is 24.3 Å². The van der Waals surface area contributed by atoms with E-state index in [1.807, 2.05) is 18.9 Å². The van der Waals surface area contributed by atoms with Crippen LogP contribution in [-0.2, 0) is 11.0 Å². The van der Waals surface area contributed by atoms with E-state index in [-0.39, 0.29) is 11.8 Å². The average Bonchev–Trinajstić information content (AvgIpc) is 2.54. The van der Waals surface area contributed by atoms with E-state index in [2.05, 4.69) is 5.32 Å². The van der Waals surface area contributed by atoms with Gasteiger partial charge in [0, 0.05) is 25.6 Å². The lowest BCUT2D eigenvalue weighted by Gasteiger charge is -2.32. The van der Waals surface area contributed by atoms with Gasteiger partial charge in [-0.2, -0.15) is 13.2 Å². The van der Waals surface area contributed by atoms with Gasteiger partial charge in [0.05, 0.1) is 5.56 Å². The zero-order valence-electron chi connectivity index (χ0n) is 13.5. The Balaban J connectivity index is 1.91. The number of nitrogens with one attached hydrogen (secondary N) is 1. The normalized spacial score (nSPS) is 18.0. The molecule has 0 aromatic heterocycles. The number of alkyl halides is 3. The van der Waals surface area contributed by atoms with Gasteiger partial charge in [-0.1, -0.05) is 19.1 Å². The highest BCUT2D eigenvalue weighted by Crippen LogP contribution is 2.30. The Bertz CT molecular complexity index is 520. The summed E-state index contributed by atoms with van der Waals surface area (Å²) in [6, 6.07) is 5.55. The molecule has 3 nitrogen and oxygen atoms in total. The number of amides is 1. The number of hydrogen-bond acceptors (Lipinski definition) is 2. The minimum atomic E-state index is -4.32. The Labute approximate surface area is 134 Å². The molecule has 0 saturated carbocycles. The van der Waals surface area contributed by atoms with Gasteiger partial charge in [-0.25, -0.2) is 0 Å². The van der Waals surface area contributed by atoms with Gasteiger partial charge in [0.2, 0.25) is 5.91 Å². The van der Waals surface area contributed by atoms with Crippen LogP contribution in [0.4, 0.5) is 13.2 Å². The maximum atomic E-state index is 12.6. The summed E-state index contributed by atoms with van der Waals surface area (Å²) in [4.78, 5) is 14.2. The number of halogens is 3. The van der Waals surface area contributed by atoms with Crippen LogP contribution in [-0.4, -0.2) is 37.0 Å². The minimum absolute atomic E-state index is 0.0759. The van der Waals surface area contributed by atoms with Gasteiger partial charge < -0.3 is 10.2 Å². The van der Waals surface area contributed by atoms with E-state index in [1.165, 1.54) is 12.1 Å². The van der Waals surface area contributed by atoms with Crippen molar-refractivity contribution >= 4 is 5.91 Å². The molecule has 1 saturated heterocycles. The van der Waals surface area contributed by atoms with Crippen LogP contribution in [0.5, 0.6) is 0 Å². The molecule has 6 heteroatoms. The van der Waals surface area contributed by atoms with E-state index in [4.69, 9.17) is 0 Å². The third-order valence-electron chi connectivity index (χ3n) is 4.54. The zero-order valence-corrected chi connectivity index (χ0v) is 13.5. The van der Waals surface area contributed by atoms with Gasteiger partial charge in [0.25, 0.3) is 0 Å². The molecule has 1 aromatic carbocycles. The van der Waals surface area contributed by atoms with E-state index in [0.29, 0.717) is 12.5 Å². The summed E-state index contributed by atoms with van der Waals surface area (Å²) < 4.78 is 37.7. The van der Waals surface area contributed by atoms with E-state index in [0.717, 1.165) is 43.6 Å². The fraction of sp³-hybridized carbons (Fsp3) is 0.588. The molecule has 1 N–H and O–H groups in total. The zero-order chi connectivity index (χ0) is 17.0. The molecule has 1 heterocycles. The van der Waals surface area contributed by atoms with Crippen molar-refractivity contribution in [1.82, 2.24) is 10.2 Å². The molecule has 1 atom stereocenters. The van der Waals surface area contributed by atoms with Crippen molar-refractivity contribution in [2.45, 2.75) is 44.3 Å². The maximum absolute atomic E-state index is 12.6. The Kier molecular flexibility index (Phi) is 5.68. The van der Waals surface area contributed by atoms with E-state index < -0.39 is 11.7 Å². The molecule has 0 radical (unpaired) electrons.